The quantitative estimate of drug-likeness (QED) is 0.524. The van der Waals surface area contributed by atoms with Gasteiger partial charge in [0, 0.05) is 24.4 Å². The van der Waals surface area contributed by atoms with Crippen molar-refractivity contribution in [3.05, 3.63) is 119 Å². The van der Waals surface area contributed by atoms with E-state index >= 15 is 0 Å². The monoisotopic (exact) mass is 377 g/mol. The van der Waals surface area contributed by atoms with Gasteiger partial charge >= 0.3 is 0 Å². The topological polar surface area (TPSA) is 3.24 Å². The van der Waals surface area contributed by atoms with Gasteiger partial charge < -0.3 is 4.90 Å². The summed E-state index contributed by atoms with van der Waals surface area (Å²) in [4.78, 5) is 2.32. The number of hydrogen-bond acceptors (Lipinski definition) is 1. The highest BCUT2D eigenvalue weighted by molar-refractivity contribution is 5.87. The zero-order valence-corrected chi connectivity index (χ0v) is 17.5. The summed E-state index contributed by atoms with van der Waals surface area (Å²) in [6.45, 7) is 9.24. The zero-order chi connectivity index (χ0) is 20.2. The van der Waals surface area contributed by atoms with E-state index in [1.165, 1.54) is 44.7 Å². The SMILES string of the molecule is C=C1/C=C(c2ccccc2)\C=C/N(C)C2=C1CCC1=C2C(C)(C)c2ccccc21. The summed E-state index contributed by atoms with van der Waals surface area (Å²) in [5.74, 6) is 0. The van der Waals surface area contributed by atoms with E-state index in [0.29, 0.717) is 0 Å². The molecule has 0 unspecified atom stereocenters. The number of nitrogens with zero attached hydrogens (tertiary/aromatic N) is 1. The maximum Gasteiger partial charge on any atom is 0.0486 e. The number of fused-ring (bicyclic) bond motifs is 3. The largest absolute Gasteiger partial charge is 0.351 e. The van der Waals surface area contributed by atoms with E-state index in [4.69, 9.17) is 0 Å². The Morgan fingerprint density at radius 3 is 2.38 bits per heavy atom. The van der Waals surface area contributed by atoms with Crippen LogP contribution in [0.5, 0.6) is 0 Å². The molecular formula is C28H27N. The van der Waals surface area contributed by atoms with Gasteiger partial charge in [0.25, 0.3) is 0 Å². The summed E-state index contributed by atoms with van der Waals surface area (Å²) in [7, 11) is 2.18. The molecular weight excluding hydrogens is 350 g/mol. The van der Waals surface area contributed by atoms with Crippen molar-refractivity contribution in [3.8, 4) is 0 Å². The lowest BCUT2D eigenvalue weighted by Crippen LogP contribution is -2.27. The fourth-order valence-corrected chi connectivity index (χ4v) is 5.26. The highest BCUT2D eigenvalue weighted by atomic mass is 15.1. The molecule has 0 N–H and O–H groups in total. The van der Waals surface area contributed by atoms with Crippen molar-refractivity contribution in [2.75, 3.05) is 7.05 Å². The number of benzene rings is 2. The molecule has 0 bridgehead atoms. The van der Waals surface area contributed by atoms with E-state index in [9.17, 15) is 0 Å². The second kappa shape index (κ2) is 6.49. The number of rotatable bonds is 1. The van der Waals surface area contributed by atoms with E-state index in [2.05, 4.69) is 105 Å². The fraction of sp³-hybridized carbons (Fsp3) is 0.214. The number of likely N-dealkylation sites (N-methyl/N-ethyl adjacent to an activating group) is 1. The van der Waals surface area contributed by atoms with Crippen LogP contribution in [-0.2, 0) is 5.41 Å². The van der Waals surface area contributed by atoms with Crippen molar-refractivity contribution < 1.29 is 0 Å². The molecule has 1 nitrogen and oxygen atoms in total. The van der Waals surface area contributed by atoms with Crippen molar-refractivity contribution in [2.24, 2.45) is 0 Å². The number of hydrogen-bond donors (Lipinski definition) is 0. The van der Waals surface area contributed by atoms with Gasteiger partial charge in [0.1, 0.15) is 0 Å². The predicted octanol–water partition coefficient (Wildman–Crippen LogP) is 6.88. The first-order valence-electron chi connectivity index (χ1n) is 10.4. The van der Waals surface area contributed by atoms with Gasteiger partial charge in [-0.1, -0.05) is 75.0 Å². The summed E-state index contributed by atoms with van der Waals surface area (Å²) in [6.07, 6.45) is 8.81. The Balaban J connectivity index is 1.68. The van der Waals surface area contributed by atoms with Gasteiger partial charge in [-0.2, -0.15) is 0 Å². The lowest BCUT2D eigenvalue weighted by Gasteiger charge is -2.36. The minimum atomic E-state index is 0.000478. The van der Waals surface area contributed by atoms with Gasteiger partial charge in [-0.25, -0.2) is 0 Å². The molecule has 0 spiro atoms. The Labute approximate surface area is 174 Å². The first kappa shape index (κ1) is 18.0. The Hall–Kier alpha value is -3.06. The Kier molecular flexibility index (Phi) is 4.03. The van der Waals surface area contributed by atoms with Crippen LogP contribution in [0.15, 0.2) is 102 Å². The van der Waals surface area contributed by atoms with E-state index in [-0.39, 0.29) is 5.41 Å². The van der Waals surface area contributed by atoms with Crippen molar-refractivity contribution in [2.45, 2.75) is 32.1 Å². The van der Waals surface area contributed by atoms with E-state index in [0.717, 1.165) is 18.4 Å². The summed E-state index contributed by atoms with van der Waals surface area (Å²) in [5, 5.41) is 0. The molecule has 1 heteroatoms. The molecule has 2 aliphatic carbocycles. The Bertz CT molecular complexity index is 1140. The van der Waals surface area contributed by atoms with Crippen LogP contribution in [0.4, 0.5) is 0 Å². The smallest absolute Gasteiger partial charge is 0.0486 e. The van der Waals surface area contributed by atoms with E-state index < -0.39 is 0 Å². The molecule has 0 atom stereocenters. The molecule has 0 fully saturated rings. The first-order chi connectivity index (χ1) is 14.0. The van der Waals surface area contributed by atoms with E-state index in [1.54, 1.807) is 0 Å². The molecule has 1 heterocycles. The summed E-state index contributed by atoms with van der Waals surface area (Å²) < 4.78 is 0. The molecule has 2 aromatic carbocycles. The molecule has 0 radical (unpaired) electrons. The van der Waals surface area contributed by atoms with Gasteiger partial charge in [-0.05, 0) is 69.5 Å². The van der Waals surface area contributed by atoms with Gasteiger partial charge in [0.15, 0.2) is 0 Å². The summed E-state index contributed by atoms with van der Waals surface area (Å²) >= 11 is 0. The van der Waals surface area contributed by atoms with Gasteiger partial charge in [0.05, 0.1) is 0 Å². The summed E-state index contributed by atoms with van der Waals surface area (Å²) in [6, 6.07) is 19.5. The van der Waals surface area contributed by atoms with Crippen LogP contribution in [0.25, 0.3) is 11.1 Å². The van der Waals surface area contributed by atoms with Crippen molar-refractivity contribution in [3.63, 3.8) is 0 Å². The molecule has 144 valence electrons. The molecule has 0 saturated heterocycles. The van der Waals surface area contributed by atoms with Crippen LogP contribution in [0.1, 0.15) is 43.4 Å². The van der Waals surface area contributed by atoms with E-state index in [1.807, 2.05) is 0 Å². The van der Waals surface area contributed by atoms with Crippen molar-refractivity contribution >= 4 is 11.1 Å². The maximum atomic E-state index is 4.50. The van der Waals surface area contributed by atoms with Crippen LogP contribution in [0.2, 0.25) is 0 Å². The third kappa shape index (κ3) is 2.68. The lowest BCUT2D eigenvalue weighted by molar-refractivity contribution is 0.520. The molecule has 29 heavy (non-hydrogen) atoms. The van der Waals surface area contributed by atoms with Crippen LogP contribution in [0.3, 0.4) is 0 Å². The maximum absolute atomic E-state index is 4.50. The molecule has 0 saturated carbocycles. The molecule has 0 aromatic heterocycles. The third-order valence-electron chi connectivity index (χ3n) is 6.65. The fourth-order valence-electron chi connectivity index (χ4n) is 5.26. The van der Waals surface area contributed by atoms with Gasteiger partial charge in [-0.3, -0.25) is 0 Å². The highest BCUT2D eigenvalue weighted by Gasteiger charge is 2.42. The molecule has 0 amide bonds. The minimum absolute atomic E-state index is 0.000478. The highest BCUT2D eigenvalue weighted by Crippen LogP contribution is 2.55. The molecule has 3 aliphatic rings. The average molecular weight is 378 g/mol. The second-order valence-electron chi connectivity index (χ2n) is 8.77. The standard InChI is InChI=1S/C28H27N/c1-19-18-21(20-10-6-5-7-11-20)16-17-29(4)27-22(19)14-15-24-23-12-8-9-13-25(23)28(2,3)26(24)27/h5-13,16-18H,1,14-15H2,2-4H3/b17-16-,21-18+. The molecule has 2 aromatic rings. The Morgan fingerprint density at radius 1 is 0.897 bits per heavy atom. The van der Waals surface area contributed by atoms with Crippen LogP contribution in [-0.4, -0.2) is 11.9 Å². The van der Waals surface area contributed by atoms with Gasteiger partial charge in [-0.15, -0.1) is 0 Å². The van der Waals surface area contributed by atoms with Crippen molar-refractivity contribution in [1.29, 1.82) is 0 Å². The van der Waals surface area contributed by atoms with Crippen LogP contribution < -0.4 is 0 Å². The second-order valence-corrected chi connectivity index (χ2v) is 8.77. The first-order valence-corrected chi connectivity index (χ1v) is 10.4. The Morgan fingerprint density at radius 2 is 1.59 bits per heavy atom. The summed E-state index contributed by atoms with van der Waals surface area (Å²) in [5.41, 5.74) is 12.2. The zero-order valence-electron chi connectivity index (χ0n) is 17.5. The minimum Gasteiger partial charge on any atom is -0.351 e. The molecule has 5 rings (SSSR count). The van der Waals surface area contributed by atoms with Crippen LogP contribution >= 0.6 is 0 Å². The average Bonchev–Trinajstić information content (AvgIpc) is 2.97. The normalized spacial score (nSPS) is 22.9. The van der Waals surface area contributed by atoms with Crippen molar-refractivity contribution in [1.82, 2.24) is 4.90 Å². The predicted molar refractivity (Wildman–Crippen MR) is 123 cm³/mol. The third-order valence-corrected chi connectivity index (χ3v) is 6.65. The van der Waals surface area contributed by atoms with Gasteiger partial charge in [0.2, 0.25) is 0 Å². The molecule has 1 aliphatic heterocycles. The number of allylic oxidation sites excluding steroid dienone is 7. The van der Waals surface area contributed by atoms with Crippen LogP contribution in [0, 0.1) is 0 Å². The lowest BCUT2D eigenvalue weighted by atomic mass is 9.75.